The fourth-order valence-electron chi connectivity index (χ4n) is 0.958. The third-order valence-corrected chi connectivity index (χ3v) is 1.81. The van der Waals surface area contributed by atoms with Gasteiger partial charge in [0.25, 0.3) is 0 Å². The zero-order valence-corrected chi connectivity index (χ0v) is 8.03. The maximum absolute atomic E-state index is 10.6. The lowest BCUT2D eigenvalue weighted by molar-refractivity contribution is -0.385. The summed E-state index contributed by atoms with van der Waals surface area (Å²) in [5, 5.41) is 10.7. The number of nitrogens with zero attached hydrogens (tertiary/aromatic N) is 1. The molecule has 0 aliphatic rings. The highest BCUT2D eigenvalue weighted by Gasteiger charge is 2.19. The molecule has 1 aromatic carbocycles. The van der Waals surface area contributed by atoms with Crippen molar-refractivity contribution in [3.05, 3.63) is 33.3 Å². The van der Waals surface area contributed by atoms with Gasteiger partial charge in [-0.2, -0.15) is 0 Å². The van der Waals surface area contributed by atoms with Gasteiger partial charge in [0.15, 0.2) is 5.75 Å². The summed E-state index contributed by atoms with van der Waals surface area (Å²) < 4.78 is 5.08. The zero-order valence-electron chi connectivity index (χ0n) is 7.27. The zero-order chi connectivity index (χ0) is 10.6. The molecule has 0 aliphatic heterocycles. The first-order valence-corrected chi connectivity index (χ1v) is 4.30. The third-order valence-electron chi connectivity index (χ3n) is 1.51. The van der Waals surface area contributed by atoms with Crippen molar-refractivity contribution >= 4 is 17.3 Å². The molecule has 0 saturated heterocycles. The van der Waals surface area contributed by atoms with Crippen molar-refractivity contribution in [1.82, 2.24) is 0 Å². The summed E-state index contributed by atoms with van der Waals surface area (Å²) >= 11 is 5.65. The van der Waals surface area contributed by atoms with Gasteiger partial charge < -0.3 is 10.5 Å². The highest BCUT2D eigenvalue weighted by Crippen LogP contribution is 2.33. The predicted molar refractivity (Wildman–Crippen MR) is 52.7 cm³/mol. The van der Waals surface area contributed by atoms with Gasteiger partial charge in [-0.15, -0.1) is 0 Å². The number of benzene rings is 1. The van der Waals surface area contributed by atoms with Crippen molar-refractivity contribution in [2.75, 3.05) is 13.2 Å². The largest absolute Gasteiger partial charge is 0.485 e. The standard InChI is InChI=1S/C8H9ClN2O3/c9-6-2-1-3-7(14-5-4-10)8(6)11(12)13/h1-3H,4-5,10H2. The van der Waals surface area contributed by atoms with Gasteiger partial charge in [-0.1, -0.05) is 17.7 Å². The molecule has 0 atom stereocenters. The van der Waals surface area contributed by atoms with E-state index in [1.807, 2.05) is 0 Å². The summed E-state index contributed by atoms with van der Waals surface area (Å²) in [7, 11) is 0. The number of nitro groups is 1. The first-order valence-electron chi connectivity index (χ1n) is 3.92. The molecule has 1 rings (SSSR count). The summed E-state index contributed by atoms with van der Waals surface area (Å²) in [5.41, 5.74) is 4.99. The molecule has 0 bridgehead atoms. The fourth-order valence-corrected chi connectivity index (χ4v) is 1.19. The Labute approximate surface area is 85.6 Å². The summed E-state index contributed by atoms with van der Waals surface area (Å²) in [6, 6.07) is 4.51. The van der Waals surface area contributed by atoms with Gasteiger partial charge in [0, 0.05) is 6.54 Å². The van der Waals surface area contributed by atoms with Crippen molar-refractivity contribution in [2.45, 2.75) is 0 Å². The minimum atomic E-state index is -0.575. The Kier molecular flexibility index (Phi) is 3.67. The summed E-state index contributed by atoms with van der Waals surface area (Å²) in [4.78, 5) is 10.0. The molecule has 5 nitrogen and oxygen atoms in total. The molecule has 0 fully saturated rings. The first-order chi connectivity index (χ1) is 6.66. The van der Waals surface area contributed by atoms with Crippen LogP contribution in [0.25, 0.3) is 0 Å². The molecule has 0 saturated carbocycles. The van der Waals surface area contributed by atoms with E-state index in [1.54, 1.807) is 6.07 Å². The number of rotatable bonds is 4. The smallest absolute Gasteiger partial charge is 0.329 e. The SMILES string of the molecule is NCCOc1cccc(Cl)c1[N+](=O)[O-]. The summed E-state index contributed by atoms with van der Waals surface area (Å²) in [5.74, 6) is 0.146. The van der Waals surface area contributed by atoms with Crippen LogP contribution in [0.3, 0.4) is 0 Å². The van der Waals surface area contributed by atoms with Crippen molar-refractivity contribution < 1.29 is 9.66 Å². The maximum Gasteiger partial charge on any atom is 0.329 e. The maximum atomic E-state index is 10.6. The van der Waals surface area contributed by atoms with Gasteiger partial charge in [-0.05, 0) is 12.1 Å². The van der Waals surface area contributed by atoms with E-state index in [9.17, 15) is 10.1 Å². The lowest BCUT2D eigenvalue weighted by atomic mass is 10.3. The van der Waals surface area contributed by atoms with Crippen molar-refractivity contribution in [2.24, 2.45) is 5.73 Å². The van der Waals surface area contributed by atoms with E-state index >= 15 is 0 Å². The monoisotopic (exact) mass is 216 g/mol. The highest BCUT2D eigenvalue weighted by molar-refractivity contribution is 6.32. The summed E-state index contributed by atoms with van der Waals surface area (Å²) in [6.07, 6.45) is 0. The third kappa shape index (κ3) is 2.34. The van der Waals surface area contributed by atoms with Gasteiger partial charge >= 0.3 is 5.69 Å². The molecule has 0 amide bonds. The lowest BCUT2D eigenvalue weighted by Gasteiger charge is -2.05. The topological polar surface area (TPSA) is 78.4 Å². The van der Waals surface area contributed by atoms with E-state index in [2.05, 4.69) is 0 Å². The van der Waals surface area contributed by atoms with Gasteiger partial charge in [0.05, 0.1) is 4.92 Å². The van der Waals surface area contributed by atoms with Crippen LogP contribution >= 0.6 is 11.6 Å². The Balaban J connectivity index is 3.02. The lowest BCUT2D eigenvalue weighted by Crippen LogP contribution is -2.11. The predicted octanol–water partition coefficient (Wildman–Crippen LogP) is 1.59. The molecule has 14 heavy (non-hydrogen) atoms. The number of para-hydroxylation sites is 1. The van der Waals surface area contributed by atoms with Crippen LogP contribution in [0.15, 0.2) is 18.2 Å². The van der Waals surface area contributed by atoms with Gasteiger partial charge in [-0.3, -0.25) is 10.1 Å². The molecule has 0 aromatic heterocycles. The Hall–Kier alpha value is -1.33. The molecular weight excluding hydrogens is 208 g/mol. The van der Waals surface area contributed by atoms with Crippen LogP contribution < -0.4 is 10.5 Å². The number of ether oxygens (including phenoxy) is 1. The molecular formula is C8H9ClN2O3. The number of nitro benzene ring substituents is 1. The Morgan fingerprint density at radius 3 is 2.86 bits per heavy atom. The molecule has 0 heterocycles. The molecule has 0 radical (unpaired) electrons. The second-order valence-electron chi connectivity index (χ2n) is 2.48. The van der Waals surface area contributed by atoms with Crippen molar-refractivity contribution in [3.8, 4) is 5.75 Å². The van der Waals surface area contributed by atoms with Crippen LogP contribution in [0.1, 0.15) is 0 Å². The molecule has 0 unspecified atom stereocenters. The van der Waals surface area contributed by atoms with Crippen LogP contribution in [0.5, 0.6) is 5.75 Å². The van der Waals surface area contributed by atoms with Crippen molar-refractivity contribution in [1.29, 1.82) is 0 Å². The summed E-state index contributed by atoms with van der Waals surface area (Å²) in [6.45, 7) is 0.519. The van der Waals surface area contributed by atoms with Crippen LogP contribution in [-0.2, 0) is 0 Å². The molecule has 76 valence electrons. The van der Waals surface area contributed by atoms with E-state index < -0.39 is 4.92 Å². The van der Waals surface area contributed by atoms with E-state index in [4.69, 9.17) is 22.1 Å². The van der Waals surface area contributed by atoms with Crippen LogP contribution in [0, 0.1) is 10.1 Å². The van der Waals surface area contributed by atoms with Crippen LogP contribution in [-0.4, -0.2) is 18.1 Å². The molecule has 0 aliphatic carbocycles. The normalized spacial score (nSPS) is 9.86. The second kappa shape index (κ2) is 4.78. The Morgan fingerprint density at radius 1 is 1.57 bits per heavy atom. The fraction of sp³-hybridized carbons (Fsp3) is 0.250. The number of nitrogens with two attached hydrogens (primary N) is 1. The van der Waals surface area contributed by atoms with E-state index in [0.29, 0.717) is 6.54 Å². The Bertz CT molecular complexity index is 343. The van der Waals surface area contributed by atoms with Gasteiger partial charge in [-0.25, -0.2) is 0 Å². The second-order valence-corrected chi connectivity index (χ2v) is 2.89. The first kappa shape index (κ1) is 10.7. The number of hydrogen-bond donors (Lipinski definition) is 1. The molecule has 1 aromatic rings. The average molecular weight is 217 g/mol. The quantitative estimate of drug-likeness (QED) is 0.612. The van der Waals surface area contributed by atoms with Gasteiger partial charge in [0.2, 0.25) is 0 Å². The molecule has 0 spiro atoms. The minimum Gasteiger partial charge on any atom is -0.485 e. The van der Waals surface area contributed by atoms with Crippen LogP contribution in [0.4, 0.5) is 5.69 Å². The number of halogens is 1. The van der Waals surface area contributed by atoms with Gasteiger partial charge in [0.1, 0.15) is 11.6 Å². The van der Waals surface area contributed by atoms with E-state index in [0.717, 1.165) is 0 Å². The average Bonchev–Trinajstić information content (AvgIpc) is 2.14. The highest BCUT2D eigenvalue weighted by atomic mass is 35.5. The Morgan fingerprint density at radius 2 is 2.29 bits per heavy atom. The minimum absolute atomic E-state index is 0.0597. The number of hydrogen-bond acceptors (Lipinski definition) is 4. The van der Waals surface area contributed by atoms with E-state index in [-0.39, 0.29) is 23.1 Å². The van der Waals surface area contributed by atoms with Crippen LogP contribution in [0.2, 0.25) is 5.02 Å². The van der Waals surface area contributed by atoms with Crippen molar-refractivity contribution in [3.63, 3.8) is 0 Å². The molecule has 6 heteroatoms. The molecule has 2 N–H and O–H groups in total. The van der Waals surface area contributed by atoms with E-state index in [1.165, 1.54) is 12.1 Å².